The van der Waals surface area contributed by atoms with Crippen molar-refractivity contribution >= 4 is 49.6 Å². The van der Waals surface area contributed by atoms with Gasteiger partial charge < -0.3 is 15.5 Å². The number of carbonyl (C=O) groups is 2. The van der Waals surface area contributed by atoms with Crippen LogP contribution in [0.4, 0.5) is 4.39 Å². The van der Waals surface area contributed by atoms with E-state index in [0.717, 1.165) is 0 Å². The fraction of sp³-hybridized carbons (Fsp3) is 0.125. The van der Waals surface area contributed by atoms with Crippen LogP contribution >= 0.6 is 15.9 Å². The van der Waals surface area contributed by atoms with Crippen LogP contribution in [0.1, 0.15) is 27.6 Å². The summed E-state index contributed by atoms with van der Waals surface area (Å²) in [5.74, 6) is -2.02. The molecule has 0 spiro atoms. The first-order valence-electron chi connectivity index (χ1n) is 6.84. The van der Waals surface area contributed by atoms with Crippen LogP contribution in [0.15, 0.2) is 28.7 Å². The predicted octanol–water partition coefficient (Wildman–Crippen LogP) is 3.50. The first-order chi connectivity index (χ1) is 10.9. The zero-order chi connectivity index (χ0) is 16.7. The Bertz CT molecular complexity index is 965. The van der Waals surface area contributed by atoms with Gasteiger partial charge in [-0.1, -0.05) is 15.9 Å². The van der Waals surface area contributed by atoms with Crippen LogP contribution in [0.5, 0.6) is 0 Å². The number of H-pyrrole nitrogens is 1. The maximum atomic E-state index is 14.3. The lowest BCUT2D eigenvalue weighted by atomic mass is 10.1. The Morgan fingerprint density at radius 3 is 2.70 bits per heavy atom. The average molecular weight is 379 g/mol. The van der Waals surface area contributed by atoms with E-state index in [1.165, 1.54) is 12.1 Å². The normalized spacial score (nSPS) is 11.1. The number of halogens is 2. The molecule has 5 nitrogen and oxygen atoms in total. The predicted molar refractivity (Wildman–Crippen MR) is 87.9 cm³/mol. The van der Waals surface area contributed by atoms with Crippen LogP contribution in [0.2, 0.25) is 0 Å². The molecular formula is C16H12BrFN2O3. The van der Waals surface area contributed by atoms with Crippen molar-refractivity contribution in [2.75, 3.05) is 6.61 Å². The number of ether oxygens (including phenoxy) is 1. The summed E-state index contributed by atoms with van der Waals surface area (Å²) in [7, 11) is 0. The van der Waals surface area contributed by atoms with Crippen molar-refractivity contribution < 1.29 is 18.7 Å². The molecule has 0 radical (unpaired) electrons. The summed E-state index contributed by atoms with van der Waals surface area (Å²) in [6.45, 7) is 1.80. The maximum absolute atomic E-state index is 14.3. The smallest absolute Gasteiger partial charge is 0.341 e. The van der Waals surface area contributed by atoms with E-state index in [2.05, 4.69) is 20.9 Å². The molecule has 0 atom stereocenters. The van der Waals surface area contributed by atoms with Crippen molar-refractivity contribution in [3.8, 4) is 0 Å². The van der Waals surface area contributed by atoms with E-state index in [-0.39, 0.29) is 17.7 Å². The van der Waals surface area contributed by atoms with E-state index in [4.69, 9.17) is 10.5 Å². The highest BCUT2D eigenvalue weighted by molar-refractivity contribution is 9.10. The molecule has 1 amide bonds. The summed E-state index contributed by atoms with van der Waals surface area (Å²) < 4.78 is 19.8. The number of hydrogen-bond donors (Lipinski definition) is 2. The van der Waals surface area contributed by atoms with Crippen LogP contribution in [0.25, 0.3) is 21.8 Å². The van der Waals surface area contributed by atoms with Crippen molar-refractivity contribution in [2.24, 2.45) is 5.73 Å². The standard InChI is InChI=1S/C16H12BrFN2O3/c1-2-23-16(22)8-6-12-9(5-11(8)18)13-10(17)4-3-7(15(19)21)14(13)20-12/h3-6,20H,2H2,1H3,(H2,19,21). The number of amides is 1. The zero-order valence-electron chi connectivity index (χ0n) is 12.1. The maximum Gasteiger partial charge on any atom is 0.341 e. The third kappa shape index (κ3) is 2.46. The molecule has 0 saturated carbocycles. The molecule has 1 aromatic heterocycles. The minimum atomic E-state index is -0.736. The van der Waals surface area contributed by atoms with Gasteiger partial charge >= 0.3 is 5.97 Å². The van der Waals surface area contributed by atoms with Gasteiger partial charge in [0.1, 0.15) is 5.82 Å². The molecule has 0 aliphatic rings. The molecule has 0 aliphatic carbocycles. The second-order valence-electron chi connectivity index (χ2n) is 4.93. The number of rotatable bonds is 3. The molecule has 0 bridgehead atoms. The summed E-state index contributed by atoms with van der Waals surface area (Å²) in [6, 6.07) is 5.87. The number of nitrogens with two attached hydrogens (primary N) is 1. The number of esters is 1. The molecule has 0 unspecified atom stereocenters. The number of aromatic nitrogens is 1. The Balaban J connectivity index is 2.36. The number of aromatic amines is 1. The van der Waals surface area contributed by atoms with E-state index >= 15 is 0 Å². The summed E-state index contributed by atoms with van der Waals surface area (Å²) in [6.07, 6.45) is 0. The van der Waals surface area contributed by atoms with Gasteiger partial charge in [0, 0.05) is 20.8 Å². The summed E-state index contributed by atoms with van der Waals surface area (Å²) in [5, 5.41) is 1.17. The number of carbonyl (C=O) groups excluding carboxylic acids is 2. The molecule has 3 N–H and O–H groups in total. The summed E-state index contributed by atoms with van der Waals surface area (Å²) in [4.78, 5) is 26.4. The van der Waals surface area contributed by atoms with Crippen LogP contribution in [-0.2, 0) is 4.74 Å². The van der Waals surface area contributed by atoms with E-state index in [1.54, 1.807) is 19.1 Å². The number of fused-ring (bicyclic) bond motifs is 3. The Morgan fingerprint density at radius 1 is 1.30 bits per heavy atom. The topological polar surface area (TPSA) is 85.2 Å². The molecule has 3 rings (SSSR count). The largest absolute Gasteiger partial charge is 0.462 e. The van der Waals surface area contributed by atoms with Gasteiger partial charge in [-0.3, -0.25) is 4.79 Å². The lowest BCUT2D eigenvalue weighted by Gasteiger charge is -2.03. The fourth-order valence-corrected chi connectivity index (χ4v) is 3.10. The van der Waals surface area contributed by atoms with Crippen LogP contribution in [0, 0.1) is 5.82 Å². The van der Waals surface area contributed by atoms with Crippen molar-refractivity contribution in [1.82, 2.24) is 4.98 Å². The highest BCUT2D eigenvalue weighted by atomic mass is 79.9. The van der Waals surface area contributed by atoms with E-state index in [0.29, 0.717) is 26.3 Å². The molecular weight excluding hydrogens is 367 g/mol. The first-order valence-corrected chi connectivity index (χ1v) is 7.63. The number of benzene rings is 2. The highest BCUT2D eigenvalue weighted by Gasteiger charge is 2.19. The third-order valence-electron chi connectivity index (χ3n) is 3.55. The Labute approximate surface area is 138 Å². The van der Waals surface area contributed by atoms with Crippen LogP contribution in [-0.4, -0.2) is 23.5 Å². The Hall–Kier alpha value is -2.41. The molecule has 2 aromatic carbocycles. The number of primary amides is 1. The van der Waals surface area contributed by atoms with Gasteiger partial charge in [-0.15, -0.1) is 0 Å². The van der Waals surface area contributed by atoms with Gasteiger partial charge in [0.25, 0.3) is 5.91 Å². The average Bonchev–Trinajstić information content (AvgIpc) is 2.85. The van der Waals surface area contributed by atoms with Gasteiger partial charge in [-0.25, -0.2) is 9.18 Å². The van der Waals surface area contributed by atoms with E-state index in [1.807, 2.05) is 0 Å². The second kappa shape index (κ2) is 5.66. The van der Waals surface area contributed by atoms with E-state index < -0.39 is 17.7 Å². The van der Waals surface area contributed by atoms with Gasteiger partial charge in [0.15, 0.2) is 0 Å². The molecule has 0 fully saturated rings. The van der Waals surface area contributed by atoms with Crippen molar-refractivity contribution in [1.29, 1.82) is 0 Å². The molecule has 3 aromatic rings. The quantitative estimate of drug-likeness (QED) is 0.683. The number of nitrogens with one attached hydrogen (secondary N) is 1. The molecule has 0 saturated heterocycles. The third-order valence-corrected chi connectivity index (χ3v) is 4.21. The zero-order valence-corrected chi connectivity index (χ0v) is 13.7. The molecule has 0 aliphatic heterocycles. The lowest BCUT2D eigenvalue weighted by Crippen LogP contribution is -2.11. The molecule has 118 valence electrons. The van der Waals surface area contributed by atoms with Crippen molar-refractivity contribution in [3.05, 3.63) is 45.7 Å². The van der Waals surface area contributed by atoms with E-state index in [9.17, 15) is 14.0 Å². The van der Waals surface area contributed by atoms with Crippen molar-refractivity contribution in [3.63, 3.8) is 0 Å². The first kappa shape index (κ1) is 15.5. The SMILES string of the molecule is CCOC(=O)c1cc2[nH]c3c(C(N)=O)ccc(Br)c3c2cc1F. The minimum Gasteiger partial charge on any atom is -0.462 e. The van der Waals surface area contributed by atoms with Crippen LogP contribution in [0.3, 0.4) is 0 Å². The monoisotopic (exact) mass is 378 g/mol. The summed E-state index contributed by atoms with van der Waals surface area (Å²) >= 11 is 3.39. The van der Waals surface area contributed by atoms with Gasteiger partial charge in [0.2, 0.25) is 0 Å². The summed E-state index contributed by atoms with van der Waals surface area (Å²) in [5.41, 5.74) is 6.50. The van der Waals surface area contributed by atoms with Gasteiger partial charge in [-0.05, 0) is 31.2 Å². The van der Waals surface area contributed by atoms with Gasteiger partial charge in [0.05, 0.1) is 23.3 Å². The lowest BCUT2D eigenvalue weighted by molar-refractivity contribution is 0.0521. The van der Waals surface area contributed by atoms with Crippen molar-refractivity contribution in [2.45, 2.75) is 6.92 Å². The highest BCUT2D eigenvalue weighted by Crippen LogP contribution is 2.35. The second-order valence-corrected chi connectivity index (χ2v) is 5.79. The Morgan fingerprint density at radius 2 is 2.04 bits per heavy atom. The minimum absolute atomic E-state index is 0.153. The molecule has 1 heterocycles. The Kier molecular flexibility index (Phi) is 3.81. The molecule has 23 heavy (non-hydrogen) atoms. The fourth-order valence-electron chi connectivity index (χ4n) is 2.56. The van der Waals surface area contributed by atoms with Crippen LogP contribution < -0.4 is 5.73 Å². The molecule has 7 heteroatoms. The van der Waals surface area contributed by atoms with Gasteiger partial charge in [-0.2, -0.15) is 0 Å². The number of hydrogen-bond acceptors (Lipinski definition) is 3.